The third kappa shape index (κ3) is 2.65. The number of rotatable bonds is 4. The van der Waals surface area contributed by atoms with Crippen molar-refractivity contribution in [3.05, 3.63) is 35.1 Å². The molecule has 1 aromatic carbocycles. The highest BCUT2D eigenvalue weighted by atomic mass is 32.1. The maximum atomic E-state index is 5.52. The normalized spacial score (nSPS) is 10.8. The monoisotopic (exact) mass is 300 g/mol. The highest BCUT2D eigenvalue weighted by molar-refractivity contribution is 7.16. The largest absolute Gasteiger partial charge is 0.340 e. The molecule has 0 aliphatic carbocycles. The van der Waals surface area contributed by atoms with E-state index in [0.29, 0.717) is 5.82 Å². The number of aromatic nitrogens is 3. The van der Waals surface area contributed by atoms with Crippen molar-refractivity contribution in [2.45, 2.75) is 20.3 Å². The van der Waals surface area contributed by atoms with Crippen molar-refractivity contribution in [3.8, 4) is 0 Å². The Kier molecular flexibility index (Phi) is 3.68. The average Bonchev–Trinajstić information content (AvgIpc) is 2.97. The number of fused-ring (bicyclic) bond motifs is 1. The summed E-state index contributed by atoms with van der Waals surface area (Å²) >= 11 is 1.62. The van der Waals surface area contributed by atoms with Gasteiger partial charge in [-0.25, -0.2) is 20.8 Å². The van der Waals surface area contributed by atoms with Crippen LogP contribution in [0, 0.1) is 6.92 Å². The topological polar surface area (TPSA) is 88.8 Å². The van der Waals surface area contributed by atoms with Crippen molar-refractivity contribution in [1.29, 1.82) is 0 Å². The number of nitrogens with one attached hydrogen (secondary N) is 2. The predicted molar refractivity (Wildman–Crippen MR) is 86.9 cm³/mol. The van der Waals surface area contributed by atoms with Gasteiger partial charge in [0.25, 0.3) is 0 Å². The highest BCUT2D eigenvalue weighted by Crippen LogP contribution is 2.26. The molecule has 0 saturated heterocycles. The Labute approximate surface area is 126 Å². The van der Waals surface area contributed by atoms with E-state index in [-0.39, 0.29) is 0 Å². The first-order valence-corrected chi connectivity index (χ1v) is 7.53. The van der Waals surface area contributed by atoms with Crippen LogP contribution in [0.4, 0.5) is 17.3 Å². The first-order valence-electron chi connectivity index (χ1n) is 6.65. The summed E-state index contributed by atoms with van der Waals surface area (Å²) in [6.07, 6.45) is 0.748. The van der Waals surface area contributed by atoms with Crippen molar-refractivity contribution in [3.63, 3.8) is 0 Å². The minimum absolute atomic E-state index is 0.642. The van der Waals surface area contributed by atoms with E-state index in [0.717, 1.165) is 39.5 Å². The molecule has 3 aromatic rings. The summed E-state index contributed by atoms with van der Waals surface area (Å²) in [5, 5.41) is 3.34. The van der Waals surface area contributed by atoms with Crippen LogP contribution in [-0.2, 0) is 6.42 Å². The third-order valence-corrected chi connectivity index (χ3v) is 4.03. The van der Waals surface area contributed by atoms with Gasteiger partial charge in [-0.3, -0.25) is 0 Å². The van der Waals surface area contributed by atoms with E-state index < -0.39 is 0 Å². The van der Waals surface area contributed by atoms with Gasteiger partial charge in [-0.05, 0) is 25.1 Å². The van der Waals surface area contributed by atoms with Crippen molar-refractivity contribution in [2.75, 3.05) is 10.7 Å². The number of nitrogens with two attached hydrogens (primary N) is 1. The minimum atomic E-state index is 0.642. The molecule has 0 aliphatic heterocycles. The van der Waals surface area contributed by atoms with Gasteiger partial charge in [0.1, 0.15) is 17.5 Å². The van der Waals surface area contributed by atoms with Crippen molar-refractivity contribution < 1.29 is 0 Å². The first kappa shape index (κ1) is 13.7. The summed E-state index contributed by atoms with van der Waals surface area (Å²) < 4.78 is 1.14. The summed E-state index contributed by atoms with van der Waals surface area (Å²) in [4.78, 5) is 13.2. The van der Waals surface area contributed by atoms with Crippen LogP contribution >= 0.6 is 11.3 Å². The van der Waals surface area contributed by atoms with E-state index >= 15 is 0 Å². The van der Waals surface area contributed by atoms with Gasteiger partial charge < -0.3 is 10.7 Å². The lowest BCUT2D eigenvalue weighted by atomic mass is 10.2. The lowest BCUT2D eigenvalue weighted by Crippen LogP contribution is -2.13. The Morgan fingerprint density at radius 3 is 2.81 bits per heavy atom. The number of hydrogen-bond acceptors (Lipinski definition) is 7. The van der Waals surface area contributed by atoms with Crippen LogP contribution in [-0.4, -0.2) is 15.0 Å². The molecule has 4 N–H and O–H groups in total. The number of hydrogen-bond donors (Lipinski definition) is 3. The molecule has 2 heterocycles. The number of benzene rings is 1. The Morgan fingerprint density at radius 2 is 2.05 bits per heavy atom. The maximum absolute atomic E-state index is 5.52. The van der Waals surface area contributed by atoms with E-state index in [9.17, 15) is 0 Å². The van der Waals surface area contributed by atoms with Crippen LogP contribution < -0.4 is 16.6 Å². The van der Waals surface area contributed by atoms with Crippen LogP contribution in [0.25, 0.3) is 10.2 Å². The molecule has 0 bridgehead atoms. The average molecular weight is 300 g/mol. The van der Waals surface area contributed by atoms with Crippen LogP contribution in [0.3, 0.4) is 0 Å². The van der Waals surface area contributed by atoms with Gasteiger partial charge >= 0.3 is 0 Å². The van der Waals surface area contributed by atoms with E-state index in [1.165, 1.54) is 0 Å². The van der Waals surface area contributed by atoms with E-state index in [2.05, 4.69) is 31.8 Å². The fourth-order valence-corrected chi connectivity index (χ4v) is 2.77. The van der Waals surface area contributed by atoms with E-state index in [1.54, 1.807) is 11.3 Å². The second kappa shape index (κ2) is 5.63. The Hall–Kier alpha value is -2.25. The second-order valence-corrected chi connectivity index (χ2v) is 5.51. The number of nitrogens with zero attached hydrogens (tertiary/aromatic N) is 3. The van der Waals surface area contributed by atoms with Crippen LogP contribution in [0.5, 0.6) is 0 Å². The zero-order chi connectivity index (χ0) is 14.8. The lowest BCUT2D eigenvalue weighted by Gasteiger charge is -2.13. The molecule has 2 aromatic heterocycles. The smallest absolute Gasteiger partial charge is 0.148 e. The molecule has 0 fully saturated rings. The number of thiazole rings is 1. The maximum Gasteiger partial charge on any atom is 0.148 e. The van der Waals surface area contributed by atoms with Gasteiger partial charge in [-0.1, -0.05) is 6.92 Å². The summed E-state index contributed by atoms with van der Waals surface area (Å²) in [5.41, 5.74) is 7.33. The molecule has 3 rings (SSSR count). The predicted octanol–water partition coefficient (Wildman–Crippen LogP) is 2.99. The molecule has 0 spiro atoms. The Morgan fingerprint density at radius 1 is 1.24 bits per heavy atom. The van der Waals surface area contributed by atoms with Crippen molar-refractivity contribution in [1.82, 2.24) is 15.0 Å². The van der Waals surface area contributed by atoms with Gasteiger partial charge in [-0.2, -0.15) is 0 Å². The fourth-order valence-electron chi connectivity index (χ4n) is 2.05. The number of hydrazine groups is 1. The molecule has 6 nitrogen and oxygen atoms in total. The van der Waals surface area contributed by atoms with Crippen LogP contribution in [0.15, 0.2) is 23.7 Å². The van der Waals surface area contributed by atoms with E-state index in [1.807, 2.05) is 31.5 Å². The van der Waals surface area contributed by atoms with Crippen LogP contribution in [0.1, 0.15) is 18.3 Å². The molecule has 0 amide bonds. The molecule has 108 valence electrons. The van der Waals surface area contributed by atoms with E-state index in [4.69, 9.17) is 5.84 Å². The van der Waals surface area contributed by atoms with Gasteiger partial charge in [0.15, 0.2) is 0 Å². The summed E-state index contributed by atoms with van der Waals surface area (Å²) in [6, 6.07) is 6.05. The standard InChI is InChI=1S/C14H16N6S/c1-3-12-18-13(8(2)14(19-12)20-15)17-9-4-5-10-11(6-9)21-7-16-10/h4-7H,3,15H2,1-2H3,(H2,17,18,19,20). The number of aryl methyl sites for hydroxylation is 1. The third-order valence-electron chi connectivity index (χ3n) is 3.24. The lowest BCUT2D eigenvalue weighted by molar-refractivity contribution is 0.932. The fraction of sp³-hybridized carbons (Fsp3) is 0.214. The molecule has 0 radical (unpaired) electrons. The Balaban J connectivity index is 1.99. The zero-order valence-corrected chi connectivity index (χ0v) is 12.7. The van der Waals surface area contributed by atoms with Crippen LogP contribution in [0.2, 0.25) is 0 Å². The quantitative estimate of drug-likeness (QED) is 0.507. The Bertz CT molecular complexity index is 782. The SMILES string of the molecule is CCc1nc(NN)c(C)c(Nc2ccc3ncsc3c2)n1. The molecule has 0 aliphatic rings. The molecular weight excluding hydrogens is 284 g/mol. The molecular formula is C14H16N6S. The second-order valence-electron chi connectivity index (χ2n) is 4.62. The molecule has 0 saturated carbocycles. The first-order chi connectivity index (χ1) is 10.2. The molecule has 0 atom stereocenters. The zero-order valence-electron chi connectivity index (χ0n) is 11.8. The molecule has 0 unspecified atom stereocenters. The highest BCUT2D eigenvalue weighted by Gasteiger charge is 2.10. The minimum Gasteiger partial charge on any atom is -0.340 e. The number of nitrogen functional groups attached to an aromatic ring is 1. The summed E-state index contributed by atoms with van der Waals surface area (Å²) in [5.74, 6) is 7.67. The van der Waals surface area contributed by atoms with Gasteiger partial charge in [0.05, 0.1) is 15.7 Å². The summed E-state index contributed by atoms with van der Waals surface area (Å²) in [6.45, 7) is 3.94. The van der Waals surface area contributed by atoms with Gasteiger partial charge in [0, 0.05) is 17.7 Å². The van der Waals surface area contributed by atoms with Crippen molar-refractivity contribution in [2.24, 2.45) is 5.84 Å². The van der Waals surface area contributed by atoms with Crippen molar-refractivity contribution >= 4 is 38.9 Å². The summed E-state index contributed by atoms with van der Waals surface area (Å²) in [7, 11) is 0. The molecule has 7 heteroatoms. The van der Waals surface area contributed by atoms with Gasteiger partial charge in [0.2, 0.25) is 0 Å². The molecule has 21 heavy (non-hydrogen) atoms. The number of anilines is 3. The van der Waals surface area contributed by atoms with Gasteiger partial charge in [-0.15, -0.1) is 11.3 Å².